The monoisotopic (exact) mass is 430 g/mol. The molecule has 1 N–H and O–H groups in total. The normalized spacial score (nSPS) is 11.4. The van der Waals surface area contributed by atoms with E-state index >= 15 is 0 Å². The number of hydrogen-bond donors (Lipinski definition) is 1. The number of esters is 1. The zero-order chi connectivity index (χ0) is 21.8. The predicted molar refractivity (Wildman–Crippen MR) is 96.9 cm³/mol. The lowest BCUT2D eigenvalue weighted by Crippen LogP contribution is -2.34. The van der Waals surface area contributed by atoms with Gasteiger partial charge in [-0.1, -0.05) is 17.7 Å². The summed E-state index contributed by atoms with van der Waals surface area (Å²) in [5.74, 6) is -6.85. The molecule has 2 rings (SSSR count). The summed E-state index contributed by atoms with van der Waals surface area (Å²) in [7, 11) is -2.79. The SMILES string of the molecule is Cc1ccc(S(=O)(=O)N(C)CC(=O)OCC(=O)Nc2ccc(F)c(F)c2F)cc1. The van der Waals surface area contributed by atoms with Gasteiger partial charge in [0.15, 0.2) is 24.1 Å². The molecule has 11 heteroatoms. The first-order valence-corrected chi connectivity index (χ1v) is 9.58. The average Bonchev–Trinajstić information content (AvgIpc) is 2.67. The summed E-state index contributed by atoms with van der Waals surface area (Å²) in [6.45, 7) is 0.230. The van der Waals surface area contributed by atoms with Crippen molar-refractivity contribution in [2.45, 2.75) is 11.8 Å². The Labute approximate surface area is 165 Å². The Morgan fingerprint density at radius 1 is 1.03 bits per heavy atom. The lowest BCUT2D eigenvalue weighted by atomic mass is 10.2. The number of amides is 1. The molecule has 1 amide bonds. The van der Waals surface area contributed by atoms with Crippen LogP contribution in [0.25, 0.3) is 0 Å². The Bertz CT molecular complexity index is 1030. The number of aryl methyl sites for hydroxylation is 1. The van der Waals surface area contributed by atoms with Crippen molar-refractivity contribution in [3.05, 3.63) is 59.4 Å². The van der Waals surface area contributed by atoms with Crippen molar-refractivity contribution in [3.63, 3.8) is 0 Å². The van der Waals surface area contributed by atoms with E-state index in [1.807, 2.05) is 5.32 Å². The summed E-state index contributed by atoms with van der Waals surface area (Å²) >= 11 is 0. The molecule has 0 fully saturated rings. The minimum absolute atomic E-state index is 0.0232. The summed E-state index contributed by atoms with van der Waals surface area (Å²) in [4.78, 5) is 23.5. The standard InChI is InChI=1S/C18H17F3N2O5S/c1-11-3-5-12(6-4-11)29(26,27)23(2)9-16(25)28-10-15(24)22-14-8-7-13(19)17(20)18(14)21/h3-8H,9-10H2,1-2H3,(H,22,24). The van der Waals surface area contributed by atoms with Crippen molar-refractivity contribution in [3.8, 4) is 0 Å². The molecule has 156 valence electrons. The van der Waals surface area contributed by atoms with E-state index in [9.17, 15) is 31.2 Å². The zero-order valence-electron chi connectivity index (χ0n) is 15.4. The second kappa shape index (κ2) is 9.05. The molecule has 0 heterocycles. The van der Waals surface area contributed by atoms with Gasteiger partial charge in [0.05, 0.1) is 10.6 Å². The molecule has 2 aromatic carbocycles. The maximum Gasteiger partial charge on any atom is 0.321 e. The third-order valence-electron chi connectivity index (χ3n) is 3.75. The number of rotatable bonds is 7. The smallest absolute Gasteiger partial charge is 0.321 e. The molecule has 0 saturated heterocycles. The minimum Gasteiger partial charge on any atom is -0.455 e. The second-order valence-corrected chi connectivity index (χ2v) is 8.05. The van der Waals surface area contributed by atoms with Crippen molar-refractivity contribution < 1.29 is 35.9 Å². The molecule has 0 aliphatic heterocycles. The van der Waals surface area contributed by atoms with Crippen LogP contribution >= 0.6 is 0 Å². The van der Waals surface area contributed by atoms with Gasteiger partial charge in [0.2, 0.25) is 10.0 Å². The second-order valence-electron chi connectivity index (χ2n) is 6.01. The van der Waals surface area contributed by atoms with Crippen molar-refractivity contribution in [1.82, 2.24) is 4.31 Å². The minimum atomic E-state index is -3.95. The van der Waals surface area contributed by atoms with Crippen LogP contribution in [-0.2, 0) is 24.3 Å². The van der Waals surface area contributed by atoms with E-state index in [2.05, 4.69) is 4.74 Å². The lowest BCUT2D eigenvalue weighted by Gasteiger charge is -2.16. The molecule has 0 aliphatic carbocycles. The first-order chi connectivity index (χ1) is 13.5. The van der Waals surface area contributed by atoms with Crippen LogP contribution in [0, 0.1) is 24.4 Å². The Hall–Kier alpha value is -2.92. The number of ether oxygens (including phenoxy) is 1. The number of likely N-dealkylation sites (N-methyl/N-ethyl adjacent to an activating group) is 1. The van der Waals surface area contributed by atoms with E-state index in [1.165, 1.54) is 12.1 Å². The molecule has 0 radical (unpaired) electrons. The van der Waals surface area contributed by atoms with Crippen LogP contribution in [0.3, 0.4) is 0 Å². The number of anilines is 1. The van der Waals surface area contributed by atoms with Gasteiger partial charge in [-0.15, -0.1) is 0 Å². The Morgan fingerprint density at radius 3 is 2.28 bits per heavy atom. The van der Waals surface area contributed by atoms with E-state index in [4.69, 9.17) is 0 Å². The molecule has 0 spiro atoms. The summed E-state index contributed by atoms with van der Waals surface area (Å²) < 4.78 is 69.6. The number of carbonyl (C=O) groups excluding carboxylic acids is 2. The van der Waals surface area contributed by atoms with Crippen molar-refractivity contribution in [2.24, 2.45) is 0 Å². The van der Waals surface area contributed by atoms with Gasteiger partial charge in [-0.05, 0) is 31.2 Å². The molecule has 0 aromatic heterocycles. The van der Waals surface area contributed by atoms with E-state index in [0.717, 1.165) is 23.0 Å². The number of sulfonamides is 1. The molecular formula is C18H17F3N2O5S. The van der Waals surface area contributed by atoms with Crippen LogP contribution in [0.4, 0.5) is 18.9 Å². The highest BCUT2D eigenvalue weighted by Gasteiger charge is 2.24. The predicted octanol–water partition coefficient (Wildman–Crippen LogP) is 2.21. The fraction of sp³-hybridized carbons (Fsp3) is 0.222. The lowest BCUT2D eigenvalue weighted by molar-refractivity contribution is -0.147. The van der Waals surface area contributed by atoms with Gasteiger partial charge in [0.1, 0.15) is 6.54 Å². The highest BCUT2D eigenvalue weighted by Crippen LogP contribution is 2.19. The van der Waals surface area contributed by atoms with Gasteiger partial charge < -0.3 is 10.1 Å². The fourth-order valence-corrected chi connectivity index (χ4v) is 3.27. The summed E-state index contributed by atoms with van der Waals surface area (Å²) in [6, 6.07) is 7.38. The molecule has 0 bridgehead atoms. The summed E-state index contributed by atoms with van der Waals surface area (Å²) in [6.07, 6.45) is 0. The van der Waals surface area contributed by atoms with Crippen LogP contribution in [0.2, 0.25) is 0 Å². The van der Waals surface area contributed by atoms with Crippen LogP contribution < -0.4 is 5.32 Å². The summed E-state index contributed by atoms with van der Waals surface area (Å²) in [5, 5.41) is 1.92. The molecule has 0 saturated carbocycles. The third kappa shape index (κ3) is 5.55. The maximum atomic E-state index is 13.5. The number of carbonyl (C=O) groups is 2. The number of nitrogens with zero attached hydrogens (tertiary/aromatic N) is 1. The van der Waals surface area contributed by atoms with Crippen molar-refractivity contribution in [2.75, 3.05) is 25.5 Å². The van der Waals surface area contributed by atoms with E-state index in [-0.39, 0.29) is 4.90 Å². The van der Waals surface area contributed by atoms with Crippen LogP contribution in [0.5, 0.6) is 0 Å². The quantitative estimate of drug-likeness (QED) is 0.537. The first-order valence-electron chi connectivity index (χ1n) is 8.14. The third-order valence-corrected chi connectivity index (χ3v) is 5.57. The highest BCUT2D eigenvalue weighted by atomic mass is 32.2. The van der Waals surface area contributed by atoms with E-state index in [0.29, 0.717) is 6.07 Å². The van der Waals surface area contributed by atoms with Crippen molar-refractivity contribution in [1.29, 1.82) is 0 Å². The summed E-state index contributed by atoms with van der Waals surface area (Å²) in [5.41, 5.74) is 0.221. The Balaban J connectivity index is 1.91. The first kappa shape index (κ1) is 22.4. The molecular weight excluding hydrogens is 413 g/mol. The van der Waals surface area contributed by atoms with Gasteiger partial charge in [0.25, 0.3) is 5.91 Å². The van der Waals surface area contributed by atoms with Gasteiger partial charge in [-0.25, -0.2) is 21.6 Å². The Morgan fingerprint density at radius 2 is 1.66 bits per heavy atom. The largest absolute Gasteiger partial charge is 0.455 e. The van der Waals surface area contributed by atoms with Crippen molar-refractivity contribution >= 4 is 27.6 Å². The van der Waals surface area contributed by atoms with E-state index in [1.54, 1.807) is 19.1 Å². The fourth-order valence-electron chi connectivity index (χ4n) is 2.16. The zero-order valence-corrected chi connectivity index (χ0v) is 16.2. The average molecular weight is 430 g/mol. The molecule has 2 aromatic rings. The van der Waals surface area contributed by atoms with Gasteiger partial charge in [0, 0.05) is 7.05 Å². The highest BCUT2D eigenvalue weighted by molar-refractivity contribution is 7.89. The molecule has 0 unspecified atom stereocenters. The Kier molecular flexibility index (Phi) is 6.98. The van der Waals surface area contributed by atoms with E-state index < -0.39 is 58.2 Å². The maximum absolute atomic E-state index is 13.5. The molecule has 0 atom stereocenters. The number of hydrogen-bond acceptors (Lipinski definition) is 5. The molecule has 29 heavy (non-hydrogen) atoms. The number of benzene rings is 2. The number of halogens is 3. The van der Waals surface area contributed by atoms with Gasteiger partial charge >= 0.3 is 5.97 Å². The van der Waals surface area contributed by atoms with Crippen LogP contribution in [-0.4, -0.2) is 44.8 Å². The topological polar surface area (TPSA) is 92.8 Å². The van der Waals surface area contributed by atoms with Crippen LogP contribution in [0.1, 0.15) is 5.56 Å². The molecule has 7 nitrogen and oxygen atoms in total. The number of nitrogens with one attached hydrogen (secondary N) is 1. The van der Waals surface area contributed by atoms with Crippen LogP contribution in [0.15, 0.2) is 41.3 Å². The van der Waals surface area contributed by atoms with Gasteiger partial charge in [-0.3, -0.25) is 9.59 Å². The molecule has 0 aliphatic rings. The van der Waals surface area contributed by atoms with Gasteiger partial charge in [-0.2, -0.15) is 4.31 Å².